The summed E-state index contributed by atoms with van der Waals surface area (Å²) in [7, 11) is 0. The van der Waals surface area contributed by atoms with Crippen LogP contribution in [0.15, 0.2) is 65.7 Å². The molecule has 3 rings (SSSR count). The normalized spacial score (nSPS) is 10.6. The lowest BCUT2D eigenvalue weighted by atomic mass is 10.1. The van der Waals surface area contributed by atoms with Crippen LogP contribution < -0.4 is 5.32 Å². The smallest absolute Gasteiger partial charge is 0.230 e. The quantitative estimate of drug-likeness (QED) is 0.583. The second kappa shape index (κ2) is 9.53. The van der Waals surface area contributed by atoms with E-state index in [1.807, 2.05) is 36.4 Å². The number of rotatable bonds is 7. The molecule has 0 unspecified atom stereocenters. The van der Waals surface area contributed by atoms with Gasteiger partial charge < -0.3 is 5.32 Å². The Morgan fingerprint density at radius 2 is 1.67 bits per heavy atom. The van der Waals surface area contributed by atoms with E-state index in [0.717, 1.165) is 28.3 Å². The lowest BCUT2D eigenvalue weighted by molar-refractivity contribution is -0.118. The first-order valence-corrected chi connectivity index (χ1v) is 10.1. The van der Waals surface area contributed by atoms with Crippen molar-refractivity contribution in [2.24, 2.45) is 0 Å². The van der Waals surface area contributed by atoms with Crippen molar-refractivity contribution in [1.82, 2.24) is 15.5 Å². The molecule has 0 fully saturated rings. The summed E-state index contributed by atoms with van der Waals surface area (Å²) in [6, 6.07) is 19.6. The van der Waals surface area contributed by atoms with Gasteiger partial charge >= 0.3 is 0 Å². The Kier molecular flexibility index (Phi) is 6.85. The van der Waals surface area contributed by atoms with Crippen LogP contribution in [0, 0.1) is 0 Å². The summed E-state index contributed by atoms with van der Waals surface area (Å²) in [6.45, 7) is 2.61. The summed E-state index contributed by atoms with van der Waals surface area (Å²) in [5.41, 5.74) is 4.17. The molecule has 1 heterocycles. The van der Waals surface area contributed by atoms with Crippen molar-refractivity contribution in [2.45, 2.75) is 24.9 Å². The van der Waals surface area contributed by atoms with Gasteiger partial charge in [0.15, 0.2) is 0 Å². The number of aromatic nitrogens is 2. The molecule has 0 aliphatic heterocycles. The number of nitrogens with one attached hydrogen (secondary N) is 1. The van der Waals surface area contributed by atoms with Crippen LogP contribution >= 0.6 is 23.4 Å². The predicted molar refractivity (Wildman–Crippen MR) is 111 cm³/mol. The Labute approximate surface area is 168 Å². The summed E-state index contributed by atoms with van der Waals surface area (Å²) in [5, 5.41) is 12.8. The van der Waals surface area contributed by atoms with Crippen LogP contribution in [-0.4, -0.2) is 21.9 Å². The number of hydrogen-bond donors (Lipinski definition) is 1. The SMILES string of the molecule is CCc1ccc(-c2ccc(SCC(=O)NCc3ccc(Cl)cc3)nn2)cc1. The average molecular weight is 398 g/mol. The van der Waals surface area contributed by atoms with E-state index in [-0.39, 0.29) is 5.91 Å². The van der Waals surface area contributed by atoms with Gasteiger partial charge in [-0.15, -0.1) is 10.2 Å². The van der Waals surface area contributed by atoms with Crippen molar-refractivity contribution in [1.29, 1.82) is 0 Å². The molecule has 0 aliphatic carbocycles. The molecule has 0 spiro atoms. The van der Waals surface area contributed by atoms with E-state index in [9.17, 15) is 4.79 Å². The maximum atomic E-state index is 12.0. The van der Waals surface area contributed by atoms with Crippen molar-refractivity contribution >= 4 is 29.3 Å². The number of thioether (sulfide) groups is 1. The van der Waals surface area contributed by atoms with Gasteiger partial charge in [-0.2, -0.15) is 0 Å². The molecule has 2 aromatic carbocycles. The minimum atomic E-state index is -0.0454. The number of amides is 1. The number of halogens is 1. The molecule has 0 aliphatic rings. The van der Waals surface area contributed by atoms with Gasteiger partial charge in [0.05, 0.1) is 11.4 Å². The second-order valence-corrected chi connectivity index (χ2v) is 7.43. The highest BCUT2D eigenvalue weighted by Gasteiger charge is 2.06. The van der Waals surface area contributed by atoms with E-state index >= 15 is 0 Å². The van der Waals surface area contributed by atoms with Gasteiger partial charge in [0, 0.05) is 17.1 Å². The fourth-order valence-electron chi connectivity index (χ4n) is 2.46. The number of carbonyl (C=O) groups is 1. The topological polar surface area (TPSA) is 54.9 Å². The Morgan fingerprint density at radius 1 is 0.963 bits per heavy atom. The van der Waals surface area contributed by atoms with Crippen LogP contribution in [0.4, 0.5) is 0 Å². The summed E-state index contributed by atoms with van der Waals surface area (Å²) in [6.07, 6.45) is 1.02. The first kappa shape index (κ1) is 19.4. The zero-order valence-corrected chi connectivity index (χ0v) is 16.6. The largest absolute Gasteiger partial charge is 0.351 e. The van der Waals surface area contributed by atoms with Gasteiger partial charge in [-0.1, -0.05) is 66.7 Å². The van der Waals surface area contributed by atoms with E-state index < -0.39 is 0 Å². The van der Waals surface area contributed by atoms with E-state index in [0.29, 0.717) is 17.3 Å². The third kappa shape index (κ3) is 5.81. The number of carbonyl (C=O) groups excluding carboxylic acids is 1. The highest BCUT2D eigenvalue weighted by molar-refractivity contribution is 7.99. The highest BCUT2D eigenvalue weighted by Crippen LogP contribution is 2.20. The predicted octanol–water partition coefficient (Wildman–Crippen LogP) is 4.77. The maximum absolute atomic E-state index is 12.0. The molecule has 3 aromatic rings. The standard InChI is InChI=1S/C21H20ClN3OS/c1-2-15-3-7-17(8-4-15)19-11-12-21(25-24-19)27-14-20(26)23-13-16-5-9-18(22)10-6-16/h3-12H,2,13-14H2,1H3,(H,23,26). The van der Waals surface area contributed by atoms with Gasteiger partial charge in [-0.05, 0) is 41.8 Å². The number of hydrogen-bond acceptors (Lipinski definition) is 4. The summed E-state index contributed by atoms with van der Waals surface area (Å²) in [4.78, 5) is 12.0. The molecule has 0 saturated heterocycles. The van der Waals surface area contributed by atoms with Crippen LogP contribution in [0.5, 0.6) is 0 Å². The number of benzene rings is 2. The molecule has 4 nitrogen and oxygen atoms in total. The van der Waals surface area contributed by atoms with Gasteiger partial charge in [0.1, 0.15) is 5.03 Å². The minimum absolute atomic E-state index is 0.0454. The minimum Gasteiger partial charge on any atom is -0.351 e. The molecule has 1 N–H and O–H groups in total. The zero-order valence-electron chi connectivity index (χ0n) is 15.0. The summed E-state index contributed by atoms with van der Waals surface area (Å²) < 4.78 is 0. The second-order valence-electron chi connectivity index (χ2n) is 6.00. The lowest BCUT2D eigenvalue weighted by Gasteiger charge is -2.06. The molecule has 6 heteroatoms. The van der Waals surface area contributed by atoms with Gasteiger partial charge in [-0.3, -0.25) is 4.79 Å². The highest BCUT2D eigenvalue weighted by atomic mass is 35.5. The first-order valence-electron chi connectivity index (χ1n) is 8.71. The van der Waals surface area contributed by atoms with E-state index in [4.69, 9.17) is 11.6 Å². The number of nitrogens with zero attached hydrogens (tertiary/aromatic N) is 2. The van der Waals surface area contributed by atoms with Gasteiger partial charge in [0.2, 0.25) is 5.91 Å². The van der Waals surface area contributed by atoms with Gasteiger partial charge in [0.25, 0.3) is 0 Å². The first-order chi connectivity index (χ1) is 13.1. The zero-order chi connectivity index (χ0) is 19.1. The fraction of sp³-hybridized carbons (Fsp3) is 0.190. The molecule has 0 radical (unpaired) electrons. The van der Waals surface area contributed by atoms with Crippen molar-refractivity contribution < 1.29 is 4.79 Å². The van der Waals surface area contributed by atoms with Crippen molar-refractivity contribution in [3.05, 3.63) is 76.8 Å². The summed E-state index contributed by atoms with van der Waals surface area (Å²) in [5.74, 6) is 0.253. The van der Waals surface area contributed by atoms with Gasteiger partial charge in [-0.25, -0.2) is 0 Å². The molecular weight excluding hydrogens is 378 g/mol. The summed E-state index contributed by atoms with van der Waals surface area (Å²) >= 11 is 7.22. The van der Waals surface area contributed by atoms with E-state index in [2.05, 4.69) is 46.7 Å². The van der Waals surface area contributed by atoms with E-state index in [1.165, 1.54) is 17.3 Å². The molecule has 0 bridgehead atoms. The Morgan fingerprint density at radius 3 is 2.30 bits per heavy atom. The monoisotopic (exact) mass is 397 g/mol. The van der Waals surface area contributed by atoms with Crippen molar-refractivity contribution in [3.8, 4) is 11.3 Å². The molecule has 1 amide bonds. The lowest BCUT2D eigenvalue weighted by Crippen LogP contribution is -2.24. The van der Waals surface area contributed by atoms with Crippen LogP contribution in [-0.2, 0) is 17.8 Å². The third-order valence-corrected chi connectivity index (χ3v) is 5.22. The molecular formula is C21H20ClN3OS. The average Bonchev–Trinajstić information content (AvgIpc) is 2.72. The van der Waals surface area contributed by atoms with Crippen LogP contribution in [0.3, 0.4) is 0 Å². The fourth-order valence-corrected chi connectivity index (χ4v) is 3.23. The van der Waals surface area contributed by atoms with Crippen molar-refractivity contribution in [3.63, 3.8) is 0 Å². The molecule has 0 atom stereocenters. The van der Waals surface area contributed by atoms with Crippen LogP contribution in [0.2, 0.25) is 5.02 Å². The molecule has 27 heavy (non-hydrogen) atoms. The van der Waals surface area contributed by atoms with Crippen LogP contribution in [0.25, 0.3) is 11.3 Å². The Balaban J connectivity index is 1.49. The molecule has 0 saturated carbocycles. The van der Waals surface area contributed by atoms with Crippen LogP contribution in [0.1, 0.15) is 18.1 Å². The number of aryl methyl sites for hydroxylation is 1. The van der Waals surface area contributed by atoms with Crippen molar-refractivity contribution in [2.75, 3.05) is 5.75 Å². The maximum Gasteiger partial charge on any atom is 0.230 e. The Hall–Kier alpha value is -2.37. The van der Waals surface area contributed by atoms with E-state index in [1.54, 1.807) is 0 Å². The molecule has 138 valence electrons. The Bertz CT molecular complexity index is 881. The molecule has 1 aromatic heterocycles. The third-order valence-electron chi connectivity index (χ3n) is 4.05.